The Labute approximate surface area is 135 Å². The molecule has 2 aromatic rings. The van der Waals surface area contributed by atoms with E-state index in [1.807, 2.05) is 12.1 Å². The lowest BCUT2D eigenvalue weighted by atomic mass is 10.1. The zero-order valence-corrected chi connectivity index (χ0v) is 13.8. The van der Waals surface area contributed by atoms with Gasteiger partial charge in [0.25, 0.3) is 0 Å². The molecule has 0 spiro atoms. The van der Waals surface area contributed by atoms with Gasteiger partial charge in [-0.05, 0) is 35.4 Å². The van der Waals surface area contributed by atoms with E-state index in [9.17, 15) is 13.2 Å². The number of ether oxygens (including phenoxy) is 2. The Balaban J connectivity index is 2.01. The minimum absolute atomic E-state index is 0.105. The largest absolute Gasteiger partial charge is 0.497 e. The predicted molar refractivity (Wildman–Crippen MR) is 87.1 cm³/mol. The van der Waals surface area contributed by atoms with Gasteiger partial charge in [-0.1, -0.05) is 24.3 Å². The molecule has 2 aromatic carbocycles. The van der Waals surface area contributed by atoms with Crippen molar-refractivity contribution in [1.82, 2.24) is 0 Å². The number of carbonyl (C=O) groups is 1. The van der Waals surface area contributed by atoms with Crippen LogP contribution in [0.1, 0.15) is 21.5 Å². The second kappa shape index (κ2) is 7.28. The Morgan fingerprint density at radius 2 is 1.74 bits per heavy atom. The normalized spacial score (nSPS) is 11.0. The van der Waals surface area contributed by atoms with E-state index in [4.69, 9.17) is 9.47 Å². The summed E-state index contributed by atoms with van der Waals surface area (Å²) in [5.41, 5.74) is 1.73. The first kappa shape index (κ1) is 17.0. The number of methoxy groups -OCH3 is 1. The Kier molecular flexibility index (Phi) is 5.39. The van der Waals surface area contributed by atoms with E-state index in [0.29, 0.717) is 11.1 Å². The molecule has 0 N–H and O–H groups in total. The van der Waals surface area contributed by atoms with Gasteiger partial charge in [0.05, 0.1) is 18.4 Å². The fourth-order valence-corrected chi connectivity index (χ4v) is 2.83. The Morgan fingerprint density at radius 3 is 2.35 bits per heavy atom. The predicted octanol–water partition coefficient (Wildman–Crippen LogP) is 2.60. The fourth-order valence-electron chi connectivity index (χ4n) is 2.04. The summed E-state index contributed by atoms with van der Waals surface area (Å²) in [7, 11) is -1.56. The van der Waals surface area contributed by atoms with Gasteiger partial charge < -0.3 is 9.47 Å². The van der Waals surface area contributed by atoms with E-state index in [1.165, 1.54) is 6.07 Å². The molecule has 0 atom stereocenters. The molecule has 0 aromatic heterocycles. The van der Waals surface area contributed by atoms with Crippen LogP contribution in [0.2, 0.25) is 0 Å². The molecular formula is C17H18O5S. The van der Waals surface area contributed by atoms with E-state index >= 15 is 0 Å². The molecule has 0 saturated heterocycles. The van der Waals surface area contributed by atoms with Crippen LogP contribution < -0.4 is 4.74 Å². The summed E-state index contributed by atoms with van der Waals surface area (Å²) in [4.78, 5) is 12.1. The van der Waals surface area contributed by atoms with Crippen LogP contribution >= 0.6 is 0 Å². The maximum Gasteiger partial charge on any atom is 0.338 e. The highest BCUT2D eigenvalue weighted by atomic mass is 32.2. The SMILES string of the molecule is COc1ccc(COC(=O)c2cccc(CS(C)(=O)=O)c2)cc1. The van der Waals surface area contributed by atoms with Gasteiger partial charge in [-0.2, -0.15) is 0 Å². The van der Waals surface area contributed by atoms with Gasteiger partial charge >= 0.3 is 5.97 Å². The first-order chi connectivity index (χ1) is 10.9. The van der Waals surface area contributed by atoms with Crippen LogP contribution in [0.3, 0.4) is 0 Å². The molecule has 0 saturated carbocycles. The molecule has 5 nitrogen and oxygen atoms in total. The molecule has 0 aliphatic rings. The van der Waals surface area contributed by atoms with Gasteiger partial charge in [0.15, 0.2) is 9.84 Å². The van der Waals surface area contributed by atoms with Gasteiger partial charge in [0.1, 0.15) is 12.4 Å². The van der Waals surface area contributed by atoms with Gasteiger partial charge in [0, 0.05) is 6.26 Å². The van der Waals surface area contributed by atoms with Crippen molar-refractivity contribution >= 4 is 15.8 Å². The maximum atomic E-state index is 12.1. The second-order valence-corrected chi connectivity index (χ2v) is 7.33. The quantitative estimate of drug-likeness (QED) is 0.760. The molecule has 0 radical (unpaired) electrons. The maximum absolute atomic E-state index is 12.1. The summed E-state index contributed by atoms with van der Waals surface area (Å²) < 4.78 is 32.9. The Morgan fingerprint density at radius 1 is 1.04 bits per heavy atom. The average Bonchev–Trinajstić information content (AvgIpc) is 2.51. The number of sulfone groups is 1. The number of rotatable bonds is 6. The van der Waals surface area contributed by atoms with Crippen molar-refractivity contribution in [1.29, 1.82) is 0 Å². The standard InChI is InChI=1S/C17H18O5S/c1-21-16-8-6-13(7-9-16)11-22-17(18)15-5-3-4-14(10-15)12-23(2,19)20/h3-10H,11-12H2,1-2H3. The highest BCUT2D eigenvalue weighted by Crippen LogP contribution is 2.14. The zero-order valence-electron chi connectivity index (χ0n) is 13.0. The van der Waals surface area contributed by atoms with E-state index in [-0.39, 0.29) is 12.4 Å². The number of hydrogen-bond donors (Lipinski definition) is 0. The van der Waals surface area contributed by atoms with Crippen molar-refractivity contribution in [2.75, 3.05) is 13.4 Å². The van der Waals surface area contributed by atoms with Crippen LogP contribution in [0.4, 0.5) is 0 Å². The Bertz CT molecular complexity index is 779. The number of benzene rings is 2. The molecule has 0 heterocycles. The molecular weight excluding hydrogens is 316 g/mol. The summed E-state index contributed by atoms with van der Waals surface area (Å²) in [5, 5.41) is 0. The third-order valence-electron chi connectivity index (χ3n) is 3.12. The number of carbonyl (C=O) groups excluding carboxylic acids is 1. The van der Waals surface area contributed by atoms with Crippen LogP contribution in [0, 0.1) is 0 Å². The topological polar surface area (TPSA) is 69.7 Å². The van der Waals surface area contributed by atoms with Gasteiger partial charge in [-0.15, -0.1) is 0 Å². The summed E-state index contributed by atoms with van der Waals surface area (Å²) in [5.74, 6) is 0.136. The van der Waals surface area contributed by atoms with E-state index < -0.39 is 15.8 Å². The monoisotopic (exact) mass is 334 g/mol. The highest BCUT2D eigenvalue weighted by Gasteiger charge is 2.10. The van der Waals surface area contributed by atoms with E-state index in [0.717, 1.165) is 17.6 Å². The lowest BCUT2D eigenvalue weighted by molar-refractivity contribution is 0.0472. The summed E-state index contributed by atoms with van der Waals surface area (Å²) >= 11 is 0. The molecule has 122 valence electrons. The van der Waals surface area contributed by atoms with Gasteiger partial charge in [-0.3, -0.25) is 0 Å². The smallest absolute Gasteiger partial charge is 0.338 e. The molecule has 0 bridgehead atoms. The lowest BCUT2D eigenvalue weighted by Gasteiger charge is -2.07. The fraction of sp³-hybridized carbons (Fsp3) is 0.235. The van der Waals surface area contributed by atoms with Crippen LogP contribution in [0.15, 0.2) is 48.5 Å². The summed E-state index contributed by atoms with van der Waals surface area (Å²) in [6, 6.07) is 13.6. The van der Waals surface area contributed by atoms with Crippen LogP contribution in [0.25, 0.3) is 0 Å². The molecule has 2 rings (SSSR count). The zero-order chi connectivity index (χ0) is 16.9. The van der Waals surface area contributed by atoms with Crippen LogP contribution in [-0.4, -0.2) is 27.8 Å². The second-order valence-electron chi connectivity index (χ2n) is 5.19. The Hall–Kier alpha value is -2.34. The van der Waals surface area contributed by atoms with Crippen molar-refractivity contribution in [3.63, 3.8) is 0 Å². The summed E-state index contributed by atoms with van der Waals surface area (Å²) in [6.07, 6.45) is 1.15. The molecule has 0 aliphatic carbocycles. The first-order valence-corrected chi connectivity index (χ1v) is 9.00. The van der Waals surface area contributed by atoms with Crippen LogP contribution in [-0.2, 0) is 26.9 Å². The molecule has 0 unspecified atom stereocenters. The van der Waals surface area contributed by atoms with Crippen molar-refractivity contribution in [2.45, 2.75) is 12.4 Å². The average molecular weight is 334 g/mol. The van der Waals surface area contributed by atoms with Crippen LogP contribution in [0.5, 0.6) is 5.75 Å². The number of esters is 1. The molecule has 0 aliphatic heterocycles. The molecule has 23 heavy (non-hydrogen) atoms. The van der Waals surface area contributed by atoms with Crippen molar-refractivity contribution in [3.8, 4) is 5.75 Å². The highest BCUT2D eigenvalue weighted by molar-refractivity contribution is 7.89. The molecule has 6 heteroatoms. The first-order valence-electron chi connectivity index (χ1n) is 6.94. The third-order valence-corrected chi connectivity index (χ3v) is 3.98. The molecule has 0 amide bonds. The van der Waals surface area contributed by atoms with Crippen molar-refractivity contribution in [3.05, 3.63) is 65.2 Å². The van der Waals surface area contributed by atoms with E-state index in [1.54, 1.807) is 37.4 Å². The lowest BCUT2D eigenvalue weighted by Crippen LogP contribution is -2.07. The van der Waals surface area contributed by atoms with Crippen molar-refractivity contribution < 1.29 is 22.7 Å². The van der Waals surface area contributed by atoms with Gasteiger partial charge in [-0.25, -0.2) is 13.2 Å². The minimum atomic E-state index is -3.15. The third kappa shape index (κ3) is 5.41. The van der Waals surface area contributed by atoms with Gasteiger partial charge in [0.2, 0.25) is 0 Å². The minimum Gasteiger partial charge on any atom is -0.497 e. The summed E-state index contributed by atoms with van der Waals surface area (Å²) in [6.45, 7) is 0.138. The van der Waals surface area contributed by atoms with E-state index in [2.05, 4.69) is 0 Å². The number of hydrogen-bond acceptors (Lipinski definition) is 5. The van der Waals surface area contributed by atoms with Crippen molar-refractivity contribution in [2.24, 2.45) is 0 Å². The molecule has 0 fully saturated rings.